The van der Waals surface area contributed by atoms with E-state index in [2.05, 4.69) is 26.5 Å². The van der Waals surface area contributed by atoms with Crippen molar-refractivity contribution in [2.75, 3.05) is 6.61 Å². The average Bonchev–Trinajstić information content (AvgIpc) is 2.04. The molecule has 0 aromatic carbocycles. The van der Waals surface area contributed by atoms with Crippen LogP contribution in [-0.2, 0) is 0 Å². The standard InChI is InChI=1S/C12H20O/c1-10(2)5-7-12(9-13)8-6-11(3)4/h5-7,12-13H,1,8-9H2,2-4H3. The van der Waals surface area contributed by atoms with E-state index in [-0.39, 0.29) is 12.5 Å². The number of aliphatic hydroxyl groups is 1. The molecule has 0 aliphatic heterocycles. The van der Waals surface area contributed by atoms with Crippen LogP contribution in [0.3, 0.4) is 0 Å². The Labute approximate surface area is 81.5 Å². The van der Waals surface area contributed by atoms with E-state index < -0.39 is 0 Å². The first kappa shape index (κ1) is 12.2. The quantitative estimate of drug-likeness (QED) is 0.509. The third-order valence-corrected chi connectivity index (χ3v) is 1.72. The van der Waals surface area contributed by atoms with Crippen molar-refractivity contribution in [1.29, 1.82) is 0 Å². The SMILES string of the molecule is C=C(C)C=CC(CO)CC=C(C)C. The molecule has 0 radical (unpaired) electrons. The minimum atomic E-state index is 0.202. The molecule has 0 aromatic heterocycles. The van der Waals surface area contributed by atoms with Crippen molar-refractivity contribution in [3.05, 3.63) is 36.0 Å². The highest BCUT2D eigenvalue weighted by atomic mass is 16.3. The van der Waals surface area contributed by atoms with Crippen LogP contribution < -0.4 is 0 Å². The number of hydrogen-bond donors (Lipinski definition) is 1. The van der Waals surface area contributed by atoms with Crippen molar-refractivity contribution < 1.29 is 5.11 Å². The summed E-state index contributed by atoms with van der Waals surface area (Å²) in [6.07, 6.45) is 7.02. The van der Waals surface area contributed by atoms with Gasteiger partial charge >= 0.3 is 0 Å². The molecule has 0 aromatic rings. The summed E-state index contributed by atoms with van der Waals surface area (Å²) in [5, 5.41) is 9.04. The van der Waals surface area contributed by atoms with Gasteiger partial charge in [0.1, 0.15) is 0 Å². The first-order valence-electron chi connectivity index (χ1n) is 4.64. The maximum absolute atomic E-state index is 9.04. The highest BCUT2D eigenvalue weighted by molar-refractivity contribution is 5.12. The number of rotatable bonds is 5. The van der Waals surface area contributed by atoms with Crippen molar-refractivity contribution in [2.45, 2.75) is 27.2 Å². The molecule has 0 spiro atoms. The lowest BCUT2D eigenvalue weighted by molar-refractivity contribution is 0.253. The van der Waals surface area contributed by atoms with Crippen LogP contribution in [0.1, 0.15) is 27.2 Å². The fourth-order valence-electron chi connectivity index (χ4n) is 0.901. The minimum Gasteiger partial charge on any atom is -0.396 e. The molecule has 0 rings (SSSR count). The van der Waals surface area contributed by atoms with Crippen LogP contribution in [0.15, 0.2) is 36.0 Å². The monoisotopic (exact) mass is 180 g/mol. The molecule has 0 aliphatic carbocycles. The van der Waals surface area contributed by atoms with Crippen molar-refractivity contribution in [2.24, 2.45) is 5.92 Å². The second kappa shape index (κ2) is 6.67. The molecule has 1 N–H and O–H groups in total. The van der Waals surface area contributed by atoms with Gasteiger partial charge < -0.3 is 5.11 Å². The van der Waals surface area contributed by atoms with Crippen molar-refractivity contribution >= 4 is 0 Å². The normalized spacial score (nSPS) is 12.9. The Balaban J connectivity index is 4.04. The minimum absolute atomic E-state index is 0.202. The Morgan fingerprint density at radius 2 is 2.00 bits per heavy atom. The van der Waals surface area contributed by atoms with Gasteiger partial charge in [-0.2, -0.15) is 0 Å². The third-order valence-electron chi connectivity index (χ3n) is 1.72. The molecule has 0 bridgehead atoms. The number of hydrogen-bond acceptors (Lipinski definition) is 1. The summed E-state index contributed by atoms with van der Waals surface area (Å²) in [5.74, 6) is 0.228. The lowest BCUT2D eigenvalue weighted by atomic mass is 10.0. The van der Waals surface area contributed by atoms with Gasteiger partial charge in [-0.3, -0.25) is 0 Å². The Morgan fingerprint density at radius 3 is 2.38 bits per heavy atom. The van der Waals surface area contributed by atoms with Gasteiger partial charge in [0.15, 0.2) is 0 Å². The van der Waals surface area contributed by atoms with Crippen LogP contribution in [0.5, 0.6) is 0 Å². The molecule has 13 heavy (non-hydrogen) atoms. The zero-order valence-electron chi connectivity index (χ0n) is 8.88. The number of allylic oxidation sites excluding steroid dienone is 4. The van der Waals surface area contributed by atoms with E-state index in [4.69, 9.17) is 5.11 Å². The van der Waals surface area contributed by atoms with E-state index in [1.807, 2.05) is 19.1 Å². The Kier molecular flexibility index (Phi) is 6.25. The van der Waals surface area contributed by atoms with E-state index in [0.717, 1.165) is 12.0 Å². The molecule has 1 nitrogen and oxygen atoms in total. The van der Waals surface area contributed by atoms with Crippen molar-refractivity contribution in [3.8, 4) is 0 Å². The Morgan fingerprint density at radius 1 is 1.38 bits per heavy atom. The average molecular weight is 180 g/mol. The summed E-state index contributed by atoms with van der Waals surface area (Å²) in [5.41, 5.74) is 2.32. The highest BCUT2D eigenvalue weighted by Crippen LogP contribution is 2.08. The lowest BCUT2D eigenvalue weighted by Crippen LogP contribution is -2.00. The van der Waals surface area contributed by atoms with Crippen molar-refractivity contribution in [3.63, 3.8) is 0 Å². The summed E-state index contributed by atoms with van der Waals surface area (Å²) < 4.78 is 0. The van der Waals surface area contributed by atoms with Crippen LogP contribution in [0.25, 0.3) is 0 Å². The van der Waals surface area contributed by atoms with Crippen LogP contribution in [-0.4, -0.2) is 11.7 Å². The molecule has 0 saturated heterocycles. The van der Waals surface area contributed by atoms with Gasteiger partial charge in [0.25, 0.3) is 0 Å². The molecule has 1 atom stereocenters. The van der Waals surface area contributed by atoms with Gasteiger partial charge in [0, 0.05) is 12.5 Å². The van der Waals surface area contributed by atoms with Crippen LogP contribution in [0.2, 0.25) is 0 Å². The summed E-state index contributed by atoms with van der Waals surface area (Å²) in [6.45, 7) is 10.1. The summed E-state index contributed by atoms with van der Waals surface area (Å²) in [4.78, 5) is 0. The summed E-state index contributed by atoms with van der Waals surface area (Å²) in [6, 6.07) is 0. The van der Waals surface area contributed by atoms with Gasteiger partial charge in [-0.15, -0.1) is 0 Å². The smallest absolute Gasteiger partial charge is 0.0496 e. The van der Waals surface area contributed by atoms with Crippen molar-refractivity contribution in [1.82, 2.24) is 0 Å². The van der Waals surface area contributed by atoms with E-state index in [1.165, 1.54) is 5.57 Å². The van der Waals surface area contributed by atoms with Crippen LogP contribution in [0, 0.1) is 5.92 Å². The first-order chi connectivity index (χ1) is 6.06. The molecule has 1 heteroatoms. The molecular weight excluding hydrogens is 160 g/mol. The zero-order chi connectivity index (χ0) is 10.3. The van der Waals surface area contributed by atoms with Gasteiger partial charge in [-0.05, 0) is 27.2 Å². The Bertz CT molecular complexity index is 207. The fourth-order valence-corrected chi connectivity index (χ4v) is 0.901. The molecule has 74 valence electrons. The van der Waals surface area contributed by atoms with E-state index >= 15 is 0 Å². The first-order valence-corrected chi connectivity index (χ1v) is 4.64. The van der Waals surface area contributed by atoms with Gasteiger partial charge in [-0.1, -0.05) is 36.0 Å². The molecule has 0 heterocycles. The second-order valence-corrected chi connectivity index (χ2v) is 3.67. The van der Waals surface area contributed by atoms with Crippen LogP contribution in [0.4, 0.5) is 0 Å². The molecular formula is C12H20O. The third kappa shape index (κ3) is 7.54. The molecule has 1 unspecified atom stereocenters. The van der Waals surface area contributed by atoms with Gasteiger partial charge in [0.05, 0.1) is 0 Å². The largest absolute Gasteiger partial charge is 0.396 e. The zero-order valence-corrected chi connectivity index (χ0v) is 8.88. The second-order valence-electron chi connectivity index (χ2n) is 3.67. The van der Waals surface area contributed by atoms with E-state index in [9.17, 15) is 0 Å². The molecule has 0 fully saturated rings. The maximum Gasteiger partial charge on any atom is 0.0496 e. The van der Waals surface area contributed by atoms with Gasteiger partial charge in [-0.25, -0.2) is 0 Å². The van der Waals surface area contributed by atoms with E-state index in [0.29, 0.717) is 0 Å². The molecule has 0 aliphatic rings. The van der Waals surface area contributed by atoms with Crippen LogP contribution >= 0.6 is 0 Å². The molecule has 0 saturated carbocycles. The lowest BCUT2D eigenvalue weighted by Gasteiger charge is -2.05. The van der Waals surface area contributed by atoms with E-state index in [1.54, 1.807) is 0 Å². The molecule has 0 amide bonds. The Hall–Kier alpha value is -0.820. The van der Waals surface area contributed by atoms with Gasteiger partial charge in [0.2, 0.25) is 0 Å². The highest BCUT2D eigenvalue weighted by Gasteiger charge is 1.99. The summed E-state index contributed by atoms with van der Waals surface area (Å²) in [7, 11) is 0. The number of aliphatic hydroxyl groups excluding tert-OH is 1. The maximum atomic E-state index is 9.04. The predicted molar refractivity (Wildman–Crippen MR) is 58.6 cm³/mol. The summed E-state index contributed by atoms with van der Waals surface area (Å²) >= 11 is 0. The topological polar surface area (TPSA) is 20.2 Å². The predicted octanol–water partition coefficient (Wildman–Crippen LogP) is 3.08. The fraction of sp³-hybridized carbons (Fsp3) is 0.500.